The Morgan fingerprint density at radius 1 is 1.08 bits per heavy atom. The molecule has 2 aliphatic heterocycles. The smallest absolute Gasteiger partial charge is 0.306 e. The summed E-state index contributed by atoms with van der Waals surface area (Å²) in [6.07, 6.45) is 2.60. The molecular formula is C19H26N2O3. The van der Waals surface area contributed by atoms with Crippen LogP contribution in [0.1, 0.15) is 38.2 Å². The molecule has 1 aromatic carbocycles. The lowest BCUT2D eigenvalue weighted by Crippen LogP contribution is -2.55. The Hall–Kier alpha value is -1.88. The Morgan fingerprint density at radius 2 is 1.75 bits per heavy atom. The number of rotatable bonds is 6. The van der Waals surface area contributed by atoms with Gasteiger partial charge < -0.3 is 9.64 Å². The number of amides is 1. The molecule has 24 heavy (non-hydrogen) atoms. The summed E-state index contributed by atoms with van der Waals surface area (Å²) in [6.45, 7) is 4.95. The topological polar surface area (TPSA) is 49.9 Å². The van der Waals surface area contributed by atoms with Crippen LogP contribution < -0.4 is 0 Å². The lowest BCUT2D eigenvalue weighted by Gasteiger charge is -2.41. The van der Waals surface area contributed by atoms with E-state index in [9.17, 15) is 9.59 Å². The van der Waals surface area contributed by atoms with Gasteiger partial charge in [0.15, 0.2) is 0 Å². The van der Waals surface area contributed by atoms with E-state index in [-0.39, 0.29) is 24.7 Å². The number of piperazine rings is 1. The first kappa shape index (κ1) is 17.0. The summed E-state index contributed by atoms with van der Waals surface area (Å²) >= 11 is 0. The molecule has 2 fully saturated rings. The molecule has 1 amide bonds. The van der Waals surface area contributed by atoms with Crippen molar-refractivity contribution in [2.45, 2.75) is 51.2 Å². The van der Waals surface area contributed by atoms with Crippen LogP contribution in [0, 0.1) is 0 Å². The van der Waals surface area contributed by atoms with Crippen molar-refractivity contribution in [3.63, 3.8) is 0 Å². The summed E-state index contributed by atoms with van der Waals surface area (Å²) in [6, 6.07) is 11.1. The third-order valence-corrected chi connectivity index (χ3v) is 4.94. The molecule has 2 atom stereocenters. The highest BCUT2D eigenvalue weighted by Gasteiger charge is 2.42. The normalized spacial score (nSPS) is 23.3. The summed E-state index contributed by atoms with van der Waals surface area (Å²) < 4.78 is 4.91. The number of nitrogens with zero attached hydrogens (tertiary/aromatic N) is 2. The average molecular weight is 330 g/mol. The van der Waals surface area contributed by atoms with Crippen LogP contribution in [0.15, 0.2) is 30.3 Å². The van der Waals surface area contributed by atoms with Crippen LogP contribution >= 0.6 is 0 Å². The quantitative estimate of drug-likeness (QED) is 0.751. The maximum atomic E-state index is 12.5. The van der Waals surface area contributed by atoms with E-state index < -0.39 is 0 Å². The van der Waals surface area contributed by atoms with E-state index in [1.54, 1.807) is 6.92 Å². The van der Waals surface area contributed by atoms with Gasteiger partial charge in [-0.1, -0.05) is 30.3 Å². The Balaban J connectivity index is 1.53. The molecule has 0 N–H and O–H groups in total. The second kappa shape index (κ2) is 7.79. The molecule has 130 valence electrons. The van der Waals surface area contributed by atoms with Crippen molar-refractivity contribution in [1.29, 1.82) is 0 Å². The molecule has 0 aromatic heterocycles. The summed E-state index contributed by atoms with van der Waals surface area (Å²) in [4.78, 5) is 28.5. The Bertz CT molecular complexity index is 561. The van der Waals surface area contributed by atoms with Crippen LogP contribution in [0.25, 0.3) is 0 Å². The Labute approximate surface area is 143 Å². The van der Waals surface area contributed by atoms with Gasteiger partial charge in [-0.2, -0.15) is 0 Å². The number of fused-ring (bicyclic) bond motifs is 2. The van der Waals surface area contributed by atoms with Gasteiger partial charge in [-0.15, -0.1) is 0 Å². The number of likely N-dealkylation sites (tertiary alicyclic amines) is 1. The largest absolute Gasteiger partial charge is 0.466 e. The zero-order valence-electron chi connectivity index (χ0n) is 14.3. The first-order valence-corrected chi connectivity index (χ1v) is 8.90. The van der Waals surface area contributed by atoms with E-state index in [2.05, 4.69) is 29.2 Å². The highest BCUT2D eigenvalue weighted by Crippen LogP contribution is 2.31. The maximum absolute atomic E-state index is 12.5. The average Bonchev–Trinajstić information content (AvgIpc) is 2.85. The minimum atomic E-state index is -0.277. The lowest BCUT2D eigenvalue weighted by molar-refractivity contribution is -0.147. The second-order valence-electron chi connectivity index (χ2n) is 6.67. The van der Waals surface area contributed by atoms with Gasteiger partial charge in [0.25, 0.3) is 0 Å². The summed E-state index contributed by atoms with van der Waals surface area (Å²) in [5.41, 5.74) is 1.32. The highest BCUT2D eigenvalue weighted by molar-refractivity contribution is 5.82. The lowest BCUT2D eigenvalue weighted by atomic mass is 10.1. The predicted octanol–water partition coefficient (Wildman–Crippen LogP) is 2.21. The molecule has 0 spiro atoms. The molecular weight excluding hydrogens is 304 g/mol. The van der Waals surface area contributed by atoms with E-state index in [0.29, 0.717) is 18.7 Å². The van der Waals surface area contributed by atoms with E-state index in [4.69, 9.17) is 4.74 Å². The summed E-state index contributed by atoms with van der Waals surface area (Å²) in [5, 5.41) is 0. The van der Waals surface area contributed by atoms with Crippen LogP contribution in [0.5, 0.6) is 0 Å². The molecule has 2 saturated heterocycles. The number of hydrogen-bond donors (Lipinski definition) is 0. The zero-order chi connectivity index (χ0) is 16.9. The molecule has 2 bridgehead atoms. The standard InChI is InChI=1S/C19H26N2O3/c1-2-24-19(23)11-10-18(22)21-16-8-9-17(21)14-20(13-16)12-15-6-4-3-5-7-15/h3-7,16-17H,2,8-14H2,1H3/t16-,17-/m1/s1. The van der Waals surface area contributed by atoms with Crippen molar-refractivity contribution in [3.8, 4) is 0 Å². The third-order valence-electron chi connectivity index (χ3n) is 4.94. The third kappa shape index (κ3) is 3.96. The monoisotopic (exact) mass is 330 g/mol. The second-order valence-corrected chi connectivity index (χ2v) is 6.67. The number of esters is 1. The molecule has 0 aliphatic carbocycles. The number of ether oxygens (including phenoxy) is 1. The van der Waals surface area contributed by atoms with Crippen molar-refractivity contribution in [1.82, 2.24) is 9.80 Å². The molecule has 5 heteroatoms. The predicted molar refractivity (Wildman–Crippen MR) is 91.2 cm³/mol. The van der Waals surface area contributed by atoms with E-state index in [1.165, 1.54) is 5.56 Å². The van der Waals surface area contributed by atoms with Gasteiger partial charge in [-0.3, -0.25) is 14.5 Å². The molecule has 2 heterocycles. The van der Waals surface area contributed by atoms with Gasteiger partial charge in [0.1, 0.15) is 0 Å². The number of carbonyl (C=O) groups is 2. The summed E-state index contributed by atoms with van der Waals surface area (Å²) in [7, 11) is 0. The molecule has 0 radical (unpaired) electrons. The van der Waals surface area contributed by atoms with Gasteiger partial charge in [-0.25, -0.2) is 0 Å². The van der Waals surface area contributed by atoms with Crippen molar-refractivity contribution in [3.05, 3.63) is 35.9 Å². The van der Waals surface area contributed by atoms with E-state index in [1.807, 2.05) is 11.0 Å². The van der Waals surface area contributed by atoms with Gasteiger partial charge in [0, 0.05) is 38.1 Å². The Morgan fingerprint density at radius 3 is 2.38 bits per heavy atom. The van der Waals surface area contributed by atoms with Crippen molar-refractivity contribution in [2.75, 3.05) is 19.7 Å². The zero-order valence-corrected chi connectivity index (χ0v) is 14.3. The van der Waals surface area contributed by atoms with Crippen LogP contribution in [0.3, 0.4) is 0 Å². The van der Waals surface area contributed by atoms with E-state index >= 15 is 0 Å². The van der Waals surface area contributed by atoms with Gasteiger partial charge >= 0.3 is 5.97 Å². The number of hydrogen-bond acceptors (Lipinski definition) is 4. The van der Waals surface area contributed by atoms with Crippen LogP contribution in [-0.2, 0) is 20.9 Å². The minimum Gasteiger partial charge on any atom is -0.466 e. The van der Waals surface area contributed by atoms with Gasteiger partial charge in [0.05, 0.1) is 13.0 Å². The fraction of sp³-hybridized carbons (Fsp3) is 0.579. The first-order chi connectivity index (χ1) is 11.7. The summed E-state index contributed by atoms with van der Waals surface area (Å²) in [5.74, 6) is -0.171. The minimum absolute atomic E-state index is 0.106. The molecule has 0 unspecified atom stereocenters. The van der Waals surface area contributed by atoms with Gasteiger partial charge in [-0.05, 0) is 25.3 Å². The van der Waals surface area contributed by atoms with Crippen LogP contribution in [0.4, 0.5) is 0 Å². The van der Waals surface area contributed by atoms with Crippen LogP contribution in [-0.4, -0.2) is 53.5 Å². The SMILES string of the molecule is CCOC(=O)CCC(=O)N1[C@@H]2CC[C@@H]1CN(Cc1ccccc1)C2. The van der Waals surface area contributed by atoms with Gasteiger partial charge in [0.2, 0.25) is 5.91 Å². The van der Waals surface area contributed by atoms with Crippen molar-refractivity contribution in [2.24, 2.45) is 0 Å². The fourth-order valence-electron chi connectivity index (χ4n) is 3.94. The molecule has 2 aliphatic rings. The molecule has 3 rings (SSSR count). The van der Waals surface area contributed by atoms with Crippen molar-refractivity contribution >= 4 is 11.9 Å². The molecule has 5 nitrogen and oxygen atoms in total. The highest BCUT2D eigenvalue weighted by atomic mass is 16.5. The number of carbonyl (C=O) groups excluding carboxylic acids is 2. The number of benzene rings is 1. The van der Waals surface area contributed by atoms with Crippen LogP contribution in [0.2, 0.25) is 0 Å². The molecule has 0 saturated carbocycles. The van der Waals surface area contributed by atoms with Crippen molar-refractivity contribution < 1.29 is 14.3 Å². The Kier molecular flexibility index (Phi) is 5.51. The maximum Gasteiger partial charge on any atom is 0.306 e. The van der Waals surface area contributed by atoms with E-state index in [0.717, 1.165) is 32.5 Å². The molecule has 1 aromatic rings. The first-order valence-electron chi connectivity index (χ1n) is 8.90. The fourth-order valence-corrected chi connectivity index (χ4v) is 3.94.